The van der Waals surface area contributed by atoms with Gasteiger partial charge in [-0.3, -0.25) is 4.79 Å². The number of nitrogens with zero attached hydrogens (tertiary/aromatic N) is 3. The van der Waals surface area contributed by atoms with Crippen LogP contribution in [0.15, 0.2) is 22.4 Å². The van der Waals surface area contributed by atoms with E-state index in [1.165, 1.54) is 50.6 Å². The first kappa shape index (κ1) is 20.8. The average Bonchev–Trinajstić information content (AvgIpc) is 3.45. The second-order valence-electron chi connectivity index (χ2n) is 9.44. The van der Waals surface area contributed by atoms with Crippen LogP contribution in [0.4, 0.5) is 0 Å². The maximum atomic E-state index is 12.9. The van der Waals surface area contributed by atoms with E-state index in [2.05, 4.69) is 15.9 Å². The lowest BCUT2D eigenvalue weighted by Gasteiger charge is -2.38. The summed E-state index contributed by atoms with van der Waals surface area (Å²) in [6.45, 7) is 2.82. The Morgan fingerprint density at radius 1 is 1.10 bits per heavy atom. The van der Waals surface area contributed by atoms with Crippen molar-refractivity contribution in [3.8, 4) is 6.07 Å². The fourth-order valence-electron chi connectivity index (χ4n) is 5.79. The molecular weight excluding hydrogens is 382 g/mol. The number of nitriles is 1. The van der Waals surface area contributed by atoms with Crippen molar-refractivity contribution >= 4 is 17.5 Å². The van der Waals surface area contributed by atoms with Crippen molar-refractivity contribution in [3.05, 3.63) is 22.4 Å². The molecular formula is C24H34ClN3O. The number of carbonyl (C=O) groups excluding carboxylic acids is 1. The summed E-state index contributed by atoms with van der Waals surface area (Å²) in [5.41, 5.74) is 1.98. The van der Waals surface area contributed by atoms with E-state index in [9.17, 15) is 10.1 Å². The smallest absolute Gasteiger partial charge is 0.225 e. The Morgan fingerprint density at radius 2 is 1.83 bits per heavy atom. The Labute approximate surface area is 180 Å². The highest BCUT2D eigenvalue weighted by Crippen LogP contribution is 2.35. The molecule has 1 amide bonds. The lowest BCUT2D eigenvalue weighted by Crippen LogP contribution is -2.42. The van der Waals surface area contributed by atoms with Gasteiger partial charge in [0.1, 0.15) is 0 Å². The average molecular weight is 416 g/mol. The molecule has 0 N–H and O–H groups in total. The van der Waals surface area contributed by atoms with Crippen LogP contribution in [0.5, 0.6) is 0 Å². The van der Waals surface area contributed by atoms with Gasteiger partial charge in [0.15, 0.2) is 0 Å². The molecule has 1 saturated heterocycles. The topological polar surface area (TPSA) is 47.3 Å². The highest BCUT2D eigenvalue weighted by Gasteiger charge is 2.36. The molecule has 1 atom stereocenters. The molecule has 0 spiro atoms. The van der Waals surface area contributed by atoms with E-state index < -0.39 is 0 Å². The van der Waals surface area contributed by atoms with Gasteiger partial charge < -0.3 is 9.80 Å². The fraction of sp³-hybridized carbons (Fsp3) is 0.750. The van der Waals surface area contributed by atoms with Crippen LogP contribution in [0.1, 0.15) is 77.0 Å². The van der Waals surface area contributed by atoms with Crippen molar-refractivity contribution in [3.63, 3.8) is 0 Å². The third-order valence-electron chi connectivity index (χ3n) is 7.52. The highest BCUT2D eigenvalue weighted by atomic mass is 35.5. The minimum atomic E-state index is 0.269. The van der Waals surface area contributed by atoms with E-state index in [1.54, 1.807) is 0 Å². The summed E-state index contributed by atoms with van der Waals surface area (Å²) < 4.78 is 0. The molecule has 3 aliphatic carbocycles. The normalized spacial score (nSPS) is 26.6. The van der Waals surface area contributed by atoms with E-state index in [0.29, 0.717) is 22.6 Å². The van der Waals surface area contributed by atoms with Gasteiger partial charge in [-0.1, -0.05) is 43.7 Å². The lowest BCUT2D eigenvalue weighted by atomic mass is 9.88. The molecule has 1 heterocycles. The summed E-state index contributed by atoms with van der Waals surface area (Å²) in [5.74, 6) is 1.40. The molecule has 4 rings (SSSR count). The Bertz CT molecular complexity index is 710. The van der Waals surface area contributed by atoms with E-state index in [1.807, 2.05) is 6.08 Å². The van der Waals surface area contributed by atoms with Crippen LogP contribution in [0.3, 0.4) is 0 Å². The predicted octanol–water partition coefficient (Wildman–Crippen LogP) is 5.35. The molecule has 0 aromatic carbocycles. The Hall–Kier alpha value is -1.47. The van der Waals surface area contributed by atoms with Crippen LogP contribution in [0.25, 0.3) is 0 Å². The molecule has 4 aliphatic rings. The molecule has 5 heteroatoms. The maximum Gasteiger partial charge on any atom is 0.225 e. The van der Waals surface area contributed by atoms with Gasteiger partial charge in [0, 0.05) is 42.9 Å². The van der Waals surface area contributed by atoms with Gasteiger partial charge in [-0.2, -0.15) is 5.26 Å². The third kappa shape index (κ3) is 4.82. The zero-order valence-electron chi connectivity index (χ0n) is 17.5. The number of rotatable bonds is 5. The van der Waals surface area contributed by atoms with Crippen LogP contribution in [-0.4, -0.2) is 41.4 Å². The number of carbonyl (C=O) groups is 1. The van der Waals surface area contributed by atoms with Crippen molar-refractivity contribution in [1.82, 2.24) is 9.80 Å². The van der Waals surface area contributed by atoms with Crippen molar-refractivity contribution in [2.75, 3.05) is 19.6 Å². The quantitative estimate of drug-likeness (QED) is 0.607. The molecule has 0 aromatic rings. The van der Waals surface area contributed by atoms with Crippen molar-refractivity contribution < 1.29 is 4.79 Å². The highest BCUT2D eigenvalue weighted by molar-refractivity contribution is 6.32. The van der Waals surface area contributed by atoms with Crippen molar-refractivity contribution in [2.45, 2.75) is 83.1 Å². The second-order valence-corrected chi connectivity index (χ2v) is 9.85. The zero-order chi connectivity index (χ0) is 20.2. The van der Waals surface area contributed by atoms with Gasteiger partial charge >= 0.3 is 0 Å². The van der Waals surface area contributed by atoms with Crippen LogP contribution < -0.4 is 0 Å². The van der Waals surface area contributed by atoms with E-state index in [4.69, 9.17) is 11.6 Å². The molecule has 4 nitrogen and oxygen atoms in total. The molecule has 0 aromatic heterocycles. The van der Waals surface area contributed by atoms with Crippen molar-refractivity contribution in [2.24, 2.45) is 11.8 Å². The standard InChI is InChI=1S/C24H34ClN3O/c25-23-14-21(11-10-20(23)15-26)28(16-18-6-2-1-3-7-18)22-12-13-27(17-22)24(29)19-8-4-5-9-19/h14,18-19,22H,1-13,16-17H2/t22-/m0/s1. The first-order chi connectivity index (χ1) is 14.2. The minimum Gasteiger partial charge on any atom is -0.370 e. The van der Waals surface area contributed by atoms with Gasteiger partial charge in [-0.05, 0) is 56.9 Å². The zero-order valence-corrected chi connectivity index (χ0v) is 18.3. The number of hydrogen-bond acceptors (Lipinski definition) is 3. The van der Waals surface area contributed by atoms with Crippen LogP contribution in [-0.2, 0) is 4.79 Å². The molecule has 0 radical (unpaired) electrons. The Kier molecular flexibility index (Phi) is 6.85. The summed E-state index contributed by atoms with van der Waals surface area (Å²) >= 11 is 6.43. The summed E-state index contributed by atoms with van der Waals surface area (Å²) in [6.07, 6.45) is 16.0. The number of hydrogen-bond donors (Lipinski definition) is 0. The molecule has 0 unspecified atom stereocenters. The first-order valence-corrected chi connectivity index (χ1v) is 12.1. The number of likely N-dealkylation sites (tertiary alicyclic amines) is 1. The first-order valence-electron chi connectivity index (χ1n) is 11.7. The number of allylic oxidation sites excluding steroid dienone is 4. The van der Waals surface area contributed by atoms with Crippen LogP contribution in [0, 0.1) is 23.2 Å². The van der Waals surface area contributed by atoms with Crippen LogP contribution in [0.2, 0.25) is 0 Å². The van der Waals surface area contributed by atoms with Gasteiger partial charge in [-0.25, -0.2) is 0 Å². The number of halogens is 1. The van der Waals surface area contributed by atoms with Gasteiger partial charge in [0.05, 0.1) is 11.1 Å². The molecule has 29 heavy (non-hydrogen) atoms. The molecule has 0 bridgehead atoms. The third-order valence-corrected chi connectivity index (χ3v) is 7.85. The largest absolute Gasteiger partial charge is 0.370 e. The van der Waals surface area contributed by atoms with E-state index in [-0.39, 0.29) is 5.92 Å². The predicted molar refractivity (Wildman–Crippen MR) is 116 cm³/mol. The second kappa shape index (κ2) is 9.56. The summed E-state index contributed by atoms with van der Waals surface area (Å²) in [4.78, 5) is 17.7. The SMILES string of the molecule is N#CC1=C(Cl)C=C(N(CC2CCCCC2)[C@H]2CCN(C(=O)C3CCCC3)C2)CC1. The van der Waals surface area contributed by atoms with Gasteiger partial charge in [0.2, 0.25) is 5.91 Å². The van der Waals surface area contributed by atoms with Crippen molar-refractivity contribution in [1.29, 1.82) is 5.26 Å². The summed E-state index contributed by atoms with van der Waals surface area (Å²) in [5, 5.41) is 9.89. The Morgan fingerprint density at radius 3 is 2.52 bits per heavy atom. The lowest BCUT2D eigenvalue weighted by molar-refractivity contribution is -0.134. The Balaban J connectivity index is 1.49. The fourth-order valence-corrected chi connectivity index (χ4v) is 6.05. The summed E-state index contributed by atoms with van der Waals surface area (Å²) in [7, 11) is 0. The van der Waals surface area contributed by atoms with E-state index >= 15 is 0 Å². The van der Waals surface area contributed by atoms with Gasteiger partial charge in [0.25, 0.3) is 0 Å². The maximum absolute atomic E-state index is 12.9. The summed E-state index contributed by atoms with van der Waals surface area (Å²) in [6, 6.07) is 2.64. The monoisotopic (exact) mass is 415 g/mol. The molecule has 1 aliphatic heterocycles. The molecule has 158 valence electrons. The molecule has 3 fully saturated rings. The van der Waals surface area contributed by atoms with Gasteiger partial charge in [-0.15, -0.1) is 0 Å². The van der Waals surface area contributed by atoms with E-state index in [0.717, 1.165) is 57.7 Å². The van der Waals surface area contributed by atoms with Crippen LogP contribution >= 0.6 is 11.6 Å². The molecule has 2 saturated carbocycles. The number of amides is 1. The minimum absolute atomic E-state index is 0.269.